The Morgan fingerprint density at radius 1 is 1.03 bits per heavy atom. The molecule has 0 saturated carbocycles. The lowest BCUT2D eigenvalue weighted by molar-refractivity contribution is -0.274. The second-order valence-electron chi connectivity index (χ2n) is 10.2. The molecule has 196 valence electrons. The van der Waals surface area contributed by atoms with Gasteiger partial charge in [0, 0.05) is 49.3 Å². The number of carbonyl (C=O) groups excluding carboxylic acids is 1. The number of alkyl halides is 3. The molecule has 0 spiro atoms. The van der Waals surface area contributed by atoms with Gasteiger partial charge in [-0.1, -0.05) is 37.8 Å². The summed E-state index contributed by atoms with van der Waals surface area (Å²) < 4.78 is 54.2. The van der Waals surface area contributed by atoms with Crippen LogP contribution in [0.2, 0.25) is 25.7 Å². The van der Waals surface area contributed by atoms with E-state index in [4.69, 9.17) is 9.47 Å². The average molecular weight is 532 g/mol. The van der Waals surface area contributed by atoms with Crippen molar-refractivity contribution in [1.82, 2.24) is 4.57 Å². The maximum atomic E-state index is 12.7. The maximum Gasteiger partial charge on any atom is 0.573 e. The first-order valence-electron chi connectivity index (χ1n) is 11.8. The van der Waals surface area contributed by atoms with Gasteiger partial charge in [0.25, 0.3) is 5.56 Å². The van der Waals surface area contributed by atoms with Crippen LogP contribution in [0.25, 0.3) is 16.8 Å². The highest BCUT2D eigenvalue weighted by atomic mass is 28.3. The van der Waals surface area contributed by atoms with Crippen molar-refractivity contribution in [3.8, 4) is 28.3 Å². The number of hydrogen-bond acceptors (Lipinski definition) is 5. The van der Waals surface area contributed by atoms with Crippen LogP contribution in [0.4, 0.5) is 13.2 Å². The van der Waals surface area contributed by atoms with Crippen LogP contribution in [0.1, 0.15) is 17.0 Å². The number of carbonyl (C=O) groups is 1. The SMILES string of the molecule is Cc1cc(=O)n(-c2ccc(OC(F)(F)F)cc2)cc1-c1cccc2c1OC(=O)C2COCC[Si](C)(C)C. The van der Waals surface area contributed by atoms with Gasteiger partial charge in [0.15, 0.2) is 0 Å². The van der Waals surface area contributed by atoms with Gasteiger partial charge in [-0.05, 0) is 42.8 Å². The van der Waals surface area contributed by atoms with Crippen LogP contribution in [-0.2, 0) is 9.53 Å². The van der Waals surface area contributed by atoms with Crippen molar-refractivity contribution in [1.29, 1.82) is 0 Å². The Morgan fingerprint density at radius 2 is 1.73 bits per heavy atom. The zero-order chi connectivity index (χ0) is 27.0. The Bertz CT molecular complexity index is 1360. The van der Waals surface area contributed by atoms with Gasteiger partial charge in [-0.25, -0.2) is 0 Å². The number of para-hydroxylation sites is 1. The molecule has 0 N–H and O–H groups in total. The van der Waals surface area contributed by atoms with Crippen molar-refractivity contribution in [2.45, 2.75) is 44.9 Å². The fourth-order valence-electron chi connectivity index (χ4n) is 4.11. The van der Waals surface area contributed by atoms with Crippen LogP contribution < -0.4 is 15.0 Å². The predicted octanol–water partition coefficient (Wildman–Crippen LogP) is 6.07. The molecule has 0 aliphatic carbocycles. The topological polar surface area (TPSA) is 66.8 Å². The molecule has 0 radical (unpaired) electrons. The number of halogens is 3. The summed E-state index contributed by atoms with van der Waals surface area (Å²) in [6.45, 7) is 9.36. The smallest absolute Gasteiger partial charge is 0.425 e. The molecule has 1 aromatic heterocycles. The molecule has 1 unspecified atom stereocenters. The number of nitrogens with zero attached hydrogens (tertiary/aromatic N) is 1. The fraction of sp³-hybridized carbons (Fsp3) is 0.333. The molecule has 3 aromatic rings. The summed E-state index contributed by atoms with van der Waals surface area (Å²) >= 11 is 0. The molecule has 0 fully saturated rings. The zero-order valence-corrected chi connectivity index (χ0v) is 22.0. The number of benzene rings is 2. The van der Waals surface area contributed by atoms with Crippen LogP contribution in [-0.4, -0.2) is 38.2 Å². The second-order valence-corrected chi connectivity index (χ2v) is 15.8. The van der Waals surface area contributed by atoms with Gasteiger partial charge in [-0.2, -0.15) is 0 Å². The van der Waals surface area contributed by atoms with Crippen molar-refractivity contribution in [2.24, 2.45) is 0 Å². The Morgan fingerprint density at radius 3 is 2.38 bits per heavy atom. The minimum atomic E-state index is -4.81. The number of rotatable bonds is 8. The second kappa shape index (κ2) is 10.2. The summed E-state index contributed by atoms with van der Waals surface area (Å²) in [7, 11) is -1.26. The van der Waals surface area contributed by atoms with Crippen LogP contribution in [0.5, 0.6) is 11.5 Å². The molecule has 0 saturated heterocycles. The van der Waals surface area contributed by atoms with E-state index in [1.165, 1.54) is 22.8 Å². The maximum absolute atomic E-state index is 12.7. The Labute approximate surface area is 213 Å². The Balaban J connectivity index is 1.64. The lowest BCUT2D eigenvalue weighted by atomic mass is 9.95. The number of pyridine rings is 1. The fourth-order valence-corrected chi connectivity index (χ4v) is 4.87. The van der Waals surface area contributed by atoms with Crippen LogP contribution in [0.15, 0.2) is 59.5 Å². The molecule has 1 aliphatic rings. The lowest BCUT2D eigenvalue weighted by Crippen LogP contribution is -2.23. The molecule has 1 atom stereocenters. The van der Waals surface area contributed by atoms with E-state index in [0.29, 0.717) is 34.7 Å². The molecule has 2 aromatic carbocycles. The molecule has 0 amide bonds. The predicted molar refractivity (Wildman–Crippen MR) is 136 cm³/mol. The molecule has 0 bridgehead atoms. The number of esters is 1. The number of aryl methyl sites for hydroxylation is 1. The Kier molecular flexibility index (Phi) is 7.34. The van der Waals surface area contributed by atoms with Crippen molar-refractivity contribution in [3.63, 3.8) is 0 Å². The van der Waals surface area contributed by atoms with Gasteiger partial charge < -0.3 is 14.2 Å². The standard InChI is InChI=1S/C27H28F3NO5Si/c1-17-14-24(32)31(18-8-10-19(11-9-18)36-27(28,29)30)15-22(17)20-6-5-7-21-23(26(33)35-25(20)21)16-34-12-13-37(2,3)4/h5-11,14-15,23H,12-13,16H2,1-4H3. The van der Waals surface area contributed by atoms with E-state index < -0.39 is 20.4 Å². The van der Waals surface area contributed by atoms with Gasteiger partial charge in [0.2, 0.25) is 0 Å². The van der Waals surface area contributed by atoms with E-state index in [0.717, 1.165) is 23.7 Å². The van der Waals surface area contributed by atoms with E-state index in [9.17, 15) is 22.8 Å². The summed E-state index contributed by atoms with van der Waals surface area (Å²) in [5, 5.41) is 0. The van der Waals surface area contributed by atoms with Crippen molar-refractivity contribution < 1.29 is 32.2 Å². The summed E-state index contributed by atoms with van der Waals surface area (Å²) in [5.74, 6) is -0.887. The van der Waals surface area contributed by atoms with Crippen molar-refractivity contribution in [2.75, 3.05) is 13.2 Å². The monoisotopic (exact) mass is 531 g/mol. The third-order valence-electron chi connectivity index (χ3n) is 6.09. The van der Waals surface area contributed by atoms with Gasteiger partial charge >= 0.3 is 12.3 Å². The number of fused-ring (bicyclic) bond motifs is 1. The molecule has 4 rings (SSSR count). The van der Waals surface area contributed by atoms with E-state index in [2.05, 4.69) is 24.4 Å². The first-order chi connectivity index (χ1) is 17.3. The zero-order valence-electron chi connectivity index (χ0n) is 21.0. The molecule has 37 heavy (non-hydrogen) atoms. The summed E-state index contributed by atoms with van der Waals surface area (Å²) in [5.41, 5.74) is 2.68. The van der Waals surface area contributed by atoms with E-state index >= 15 is 0 Å². The van der Waals surface area contributed by atoms with Gasteiger partial charge in [-0.15, -0.1) is 13.2 Å². The number of aromatic nitrogens is 1. The number of ether oxygens (including phenoxy) is 3. The first kappa shape index (κ1) is 26.7. The van der Waals surface area contributed by atoms with Gasteiger partial charge in [0.1, 0.15) is 17.4 Å². The van der Waals surface area contributed by atoms with Gasteiger partial charge in [0.05, 0.1) is 6.61 Å². The summed E-state index contributed by atoms with van der Waals surface area (Å²) in [4.78, 5) is 25.5. The molecular weight excluding hydrogens is 503 g/mol. The quantitative estimate of drug-likeness (QED) is 0.153. The summed E-state index contributed by atoms with van der Waals surface area (Å²) in [6.07, 6.45) is -3.21. The third-order valence-corrected chi connectivity index (χ3v) is 7.79. The van der Waals surface area contributed by atoms with Crippen molar-refractivity contribution in [3.05, 3.63) is 76.2 Å². The average Bonchev–Trinajstić information content (AvgIpc) is 3.11. The molecular formula is C27H28F3NO5Si. The number of hydrogen-bond donors (Lipinski definition) is 0. The molecule has 10 heteroatoms. The van der Waals surface area contributed by atoms with Crippen molar-refractivity contribution >= 4 is 14.0 Å². The highest BCUT2D eigenvalue weighted by Crippen LogP contribution is 2.43. The first-order valence-corrected chi connectivity index (χ1v) is 15.6. The third kappa shape index (κ3) is 6.31. The summed E-state index contributed by atoms with van der Waals surface area (Å²) in [6, 6.07) is 12.9. The van der Waals surface area contributed by atoms with E-state index in [1.807, 2.05) is 12.1 Å². The molecule has 1 aliphatic heterocycles. The lowest BCUT2D eigenvalue weighted by Gasteiger charge is -2.16. The highest BCUT2D eigenvalue weighted by molar-refractivity contribution is 6.76. The van der Waals surface area contributed by atoms with E-state index in [-0.39, 0.29) is 23.9 Å². The minimum absolute atomic E-state index is 0.227. The highest BCUT2D eigenvalue weighted by Gasteiger charge is 2.35. The minimum Gasteiger partial charge on any atom is -0.425 e. The van der Waals surface area contributed by atoms with Gasteiger partial charge in [-0.3, -0.25) is 14.2 Å². The van der Waals surface area contributed by atoms with E-state index in [1.54, 1.807) is 19.2 Å². The van der Waals surface area contributed by atoms with Crippen LogP contribution in [0.3, 0.4) is 0 Å². The molecule has 2 heterocycles. The Hall–Kier alpha value is -3.37. The normalized spacial score (nSPS) is 15.4. The van der Waals surface area contributed by atoms with Crippen LogP contribution in [0, 0.1) is 6.92 Å². The molecule has 6 nitrogen and oxygen atoms in total. The van der Waals surface area contributed by atoms with Crippen LogP contribution >= 0.6 is 0 Å². The largest absolute Gasteiger partial charge is 0.573 e.